The predicted molar refractivity (Wildman–Crippen MR) is 55.3 cm³/mol. The van der Waals surface area contributed by atoms with E-state index in [9.17, 15) is 9.59 Å². The highest BCUT2D eigenvalue weighted by atomic mass is 16.6. The molecule has 0 aliphatic heterocycles. The van der Waals surface area contributed by atoms with Crippen LogP contribution in [0.25, 0.3) is 0 Å². The number of carbonyl (C=O) groups excluding carboxylic acids is 2. The molecule has 0 saturated carbocycles. The van der Waals surface area contributed by atoms with Crippen molar-refractivity contribution in [3.63, 3.8) is 0 Å². The lowest BCUT2D eigenvalue weighted by molar-refractivity contribution is 0.0320. The molecule has 7 nitrogen and oxygen atoms in total. The fourth-order valence-corrected chi connectivity index (χ4v) is 0.886. The van der Waals surface area contributed by atoms with E-state index < -0.39 is 17.7 Å². The molecule has 88 valence electrons. The van der Waals surface area contributed by atoms with Crippen LogP contribution in [-0.4, -0.2) is 32.3 Å². The zero-order chi connectivity index (χ0) is 12.3. The number of hydrogen-bond acceptors (Lipinski definition) is 5. The van der Waals surface area contributed by atoms with Gasteiger partial charge in [0.15, 0.2) is 0 Å². The van der Waals surface area contributed by atoms with Gasteiger partial charge in [0.25, 0.3) is 0 Å². The van der Waals surface area contributed by atoms with E-state index in [4.69, 9.17) is 10.6 Å². The molecule has 0 aliphatic rings. The maximum Gasteiger partial charge on any atom is 0.433 e. The van der Waals surface area contributed by atoms with Gasteiger partial charge in [-0.25, -0.2) is 20.4 Å². The van der Waals surface area contributed by atoms with Gasteiger partial charge in [-0.3, -0.25) is 4.57 Å². The Kier molecular flexibility index (Phi) is 3.28. The third-order valence-corrected chi connectivity index (χ3v) is 1.52. The molecule has 0 saturated heterocycles. The minimum atomic E-state index is -0.911. The van der Waals surface area contributed by atoms with Crippen LogP contribution in [0.15, 0.2) is 18.7 Å². The summed E-state index contributed by atoms with van der Waals surface area (Å²) in [5, 5.41) is 0.396. The van der Waals surface area contributed by atoms with Gasteiger partial charge in [-0.15, -0.1) is 0 Å². The van der Waals surface area contributed by atoms with E-state index in [1.54, 1.807) is 20.8 Å². The smallest absolute Gasteiger partial charge is 0.433 e. The second-order valence-corrected chi connectivity index (χ2v) is 4.10. The van der Waals surface area contributed by atoms with Crippen LogP contribution in [0.5, 0.6) is 0 Å². The Morgan fingerprint density at radius 1 is 1.44 bits per heavy atom. The van der Waals surface area contributed by atoms with Gasteiger partial charge >= 0.3 is 12.1 Å². The predicted octanol–water partition coefficient (Wildman–Crippen LogP) is 0.962. The lowest BCUT2D eigenvalue weighted by Crippen LogP contribution is -2.47. The molecule has 2 N–H and O–H groups in total. The Morgan fingerprint density at radius 3 is 2.50 bits per heavy atom. The van der Waals surface area contributed by atoms with Crippen LogP contribution in [0.1, 0.15) is 20.8 Å². The molecule has 1 aromatic rings. The summed E-state index contributed by atoms with van der Waals surface area (Å²) >= 11 is 0. The van der Waals surface area contributed by atoms with E-state index in [1.165, 1.54) is 18.7 Å². The summed E-state index contributed by atoms with van der Waals surface area (Å²) in [5.41, 5.74) is -0.704. The van der Waals surface area contributed by atoms with E-state index >= 15 is 0 Å². The standard InChI is InChI=1S/C9H14N4O3/c1-9(2,3)16-8(15)13(10)7(14)12-5-4-11-6-12/h4-6H,10H2,1-3H3. The third kappa shape index (κ3) is 3.06. The topological polar surface area (TPSA) is 90.5 Å². The average molecular weight is 226 g/mol. The Bertz CT molecular complexity index is 380. The zero-order valence-electron chi connectivity index (χ0n) is 9.38. The van der Waals surface area contributed by atoms with Crippen LogP contribution < -0.4 is 5.84 Å². The lowest BCUT2D eigenvalue weighted by Gasteiger charge is -2.22. The molecule has 1 aromatic heterocycles. The first-order chi connectivity index (χ1) is 7.31. The number of aromatic nitrogens is 2. The summed E-state index contributed by atoms with van der Waals surface area (Å²) in [6, 6.07) is -0.730. The van der Waals surface area contributed by atoms with Crippen molar-refractivity contribution in [1.29, 1.82) is 0 Å². The van der Waals surface area contributed by atoms with Crippen LogP contribution in [0.2, 0.25) is 0 Å². The highest BCUT2D eigenvalue weighted by Crippen LogP contribution is 2.08. The molecule has 0 bridgehead atoms. The van der Waals surface area contributed by atoms with Crippen LogP contribution in [0, 0.1) is 0 Å². The molecule has 0 aliphatic carbocycles. The number of hydrazine groups is 1. The molecule has 16 heavy (non-hydrogen) atoms. The van der Waals surface area contributed by atoms with Gasteiger partial charge in [0, 0.05) is 12.4 Å². The number of nitrogens with two attached hydrogens (primary N) is 1. The first-order valence-electron chi connectivity index (χ1n) is 4.61. The highest BCUT2D eigenvalue weighted by molar-refractivity contribution is 5.91. The highest BCUT2D eigenvalue weighted by Gasteiger charge is 2.25. The second-order valence-electron chi connectivity index (χ2n) is 4.10. The molecule has 0 unspecified atom stereocenters. The fourth-order valence-electron chi connectivity index (χ4n) is 0.886. The van der Waals surface area contributed by atoms with Gasteiger partial charge in [-0.2, -0.15) is 5.01 Å². The Morgan fingerprint density at radius 2 is 2.06 bits per heavy atom. The summed E-state index contributed by atoms with van der Waals surface area (Å²) in [7, 11) is 0. The SMILES string of the molecule is CC(C)(C)OC(=O)N(N)C(=O)n1ccnc1. The van der Waals surface area contributed by atoms with Crippen molar-refractivity contribution in [2.75, 3.05) is 0 Å². The first-order valence-corrected chi connectivity index (χ1v) is 4.61. The van der Waals surface area contributed by atoms with Crippen molar-refractivity contribution in [3.05, 3.63) is 18.7 Å². The van der Waals surface area contributed by atoms with Crippen LogP contribution >= 0.6 is 0 Å². The Balaban J connectivity index is 2.68. The van der Waals surface area contributed by atoms with Gasteiger partial charge in [-0.05, 0) is 20.8 Å². The van der Waals surface area contributed by atoms with Crippen molar-refractivity contribution in [3.8, 4) is 0 Å². The number of ether oxygens (including phenoxy) is 1. The van der Waals surface area contributed by atoms with E-state index in [0.29, 0.717) is 5.01 Å². The largest absolute Gasteiger partial charge is 0.442 e. The number of carbonyl (C=O) groups is 2. The van der Waals surface area contributed by atoms with Gasteiger partial charge in [0.2, 0.25) is 0 Å². The minimum Gasteiger partial charge on any atom is -0.442 e. The summed E-state index contributed by atoms with van der Waals surface area (Å²) in [6.45, 7) is 5.04. The van der Waals surface area contributed by atoms with Crippen molar-refractivity contribution in [1.82, 2.24) is 14.6 Å². The van der Waals surface area contributed by atoms with E-state index in [-0.39, 0.29) is 0 Å². The van der Waals surface area contributed by atoms with E-state index in [1.807, 2.05) is 0 Å². The molecule has 7 heteroatoms. The summed E-state index contributed by atoms with van der Waals surface area (Å²) in [4.78, 5) is 26.6. The normalized spacial score (nSPS) is 11.0. The Hall–Kier alpha value is -1.89. The number of imide groups is 1. The molecule has 0 aromatic carbocycles. The molecule has 2 amide bonds. The van der Waals surface area contributed by atoms with E-state index in [0.717, 1.165) is 4.57 Å². The van der Waals surface area contributed by atoms with Crippen LogP contribution in [-0.2, 0) is 4.74 Å². The third-order valence-electron chi connectivity index (χ3n) is 1.52. The lowest BCUT2D eigenvalue weighted by atomic mass is 10.2. The van der Waals surface area contributed by atoms with Crippen LogP contribution in [0.4, 0.5) is 9.59 Å². The molecule has 0 radical (unpaired) electrons. The first kappa shape index (κ1) is 12.2. The maximum atomic E-state index is 11.6. The Labute approximate surface area is 92.8 Å². The zero-order valence-corrected chi connectivity index (χ0v) is 9.38. The number of hydrogen-bond donors (Lipinski definition) is 1. The summed E-state index contributed by atoms with van der Waals surface area (Å²) in [6.07, 6.45) is 3.12. The maximum absolute atomic E-state index is 11.6. The average Bonchev–Trinajstić information content (AvgIpc) is 2.65. The quantitative estimate of drug-likeness (QED) is 0.404. The summed E-state index contributed by atoms with van der Waals surface area (Å²) < 4.78 is 6.00. The molecular weight excluding hydrogens is 212 g/mol. The summed E-state index contributed by atoms with van der Waals surface area (Å²) in [5.74, 6) is 5.32. The van der Waals surface area contributed by atoms with Crippen molar-refractivity contribution >= 4 is 12.1 Å². The monoisotopic (exact) mass is 226 g/mol. The van der Waals surface area contributed by atoms with E-state index in [2.05, 4.69) is 4.98 Å². The van der Waals surface area contributed by atoms with Crippen LogP contribution in [0.3, 0.4) is 0 Å². The van der Waals surface area contributed by atoms with Gasteiger partial charge in [0.05, 0.1) is 0 Å². The van der Waals surface area contributed by atoms with Gasteiger partial charge < -0.3 is 4.74 Å². The molecular formula is C9H14N4O3. The number of imidazole rings is 1. The van der Waals surface area contributed by atoms with Crippen molar-refractivity contribution < 1.29 is 14.3 Å². The minimum absolute atomic E-state index is 0.396. The molecule has 0 fully saturated rings. The molecule has 1 heterocycles. The van der Waals surface area contributed by atoms with Crippen molar-refractivity contribution in [2.24, 2.45) is 5.84 Å². The fraction of sp³-hybridized carbons (Fsp3) is 0.444. The van der Waals surface area contributed by atoms with Gasteiger partial charge in [-0.1, -0.05) is 0 Å². The number of nitrogens with zero attached hydrogens (tertiary/aromatic N) is 3. The van der Waals surface area contributed by atoms with Gasteiger partial charge in [0.1, 0.15) is 11.9 Å². The number of rotatable bonds is 0. The molecule has 1 rings (SSSR count). The molecule has 0 atom stereocenters. The van der Waals surface area contributed by atoms with Crippen molar-refractivity contribution in [2.45, 2.75) is 26.4 Å². The number of amides is 2. The molecule has 0 spiro atoms. The second kappa shape index (κ2) is 4.31.